The highest BCUT2D eigenvalue weighted by Crippen LogP contribution is 2.22. The normalized spacial score (nSPS) is 17.2. The Morgan fingerprint density at radius 3 is 2.42 bits per heavy atom. The molecule has 3 amide bonds. The van der Waals surface area contributed by atoms with Gasteiger partial charge in [0.2, 0.25) is 11.8 Å². The first kappa shape index (κ1) is 25.6. The number of carbonyl (C=O) groups excluding carboxylic acids is 3. The highest BCUT2D eigenvalue weighted by atomic mass is 16.5. The van der Waals surface area contributed by atoms with Crippen LogP contribution in [-0.4, -0.2) is 66.6 Å². The van der Waals surface area contributed by atoms with Gasteiger partial charge < -0.3 is 25.2 Å². The summed E-state index contributed by atoms with van der Waals surface area (Å²) in [6.45, 7) is 2.98. The van der Waals surface area contributed by atoms with Crippen LogP contribution in [0, 0.1) is 5.92 Å². The molecule has 0 aliphatic carbocycles. The molecule has 1 atom stereocenters. The molecule has 3 heterocycles. The van der Waals surface area contributed by atoms with Gasteiger partial charge in [0.1, 0.15) is 12.6 Å². The topological polar surface area (TPSA) is 104 Å². The molecule has 1 aromatic carbocycles. The Bertz CT molecular complexity index is 992. The second kappa shape index (κ2) is 13.0. The van der Waals surface area contributed by atoms with Gasteiger partial charge >= 0.3 is 6.09 Å². The van der Waals surface area contributed by atoms with Crippen LogP contribution in [0.2, 0.25) is 0 Å². The van der Waals surface area contributed by atoms with Crippen molar-refractivity contribution in [2.24, 2.45) is 5.92 Å². The molecule has 0 radical (unpaired) electrons. The summed E-state index contributed by atoms with van der Waals surface area (Å²) in [7, 11) is 0. The van der Waals surface area contributed by atoms with Crippen molar-refractivity contribution in [3.63, 3.8) is 0 Å². The lowest BCUT2D eigenvalue weighted by Crippen LogP contribution is -2.56. The number of ether oxygens (including phenoxy) is 1. The monoisotopic (exact) mass is 493 g/mol. The van der Waals surface area contributed by atoms with Gasteiger partial charge in [0.15, 0.2) is 0 Å². The van der Waals surface area contributed by atoms with Gasteiger partial charge in [0, 0.05) is 37.1 Å². The number of hydrogen-bond donors (Lipinski definition) is 2. The maximum Gasteiger partial charge on any atom is 0.408 e. The van der Waals surface area contributed by atoms with Gasteiger partial charge in [-0.15, -0.1) is 0 Å². The van der Waals surface area contributed by atoms with Crippen molar-refractivity contribution in [1.29, 1.82) is 0 Å². The van der Waals surface area contributed by atoms with E-state index in [1.807, 2.05) is 30.3 Å². The molecule has 1 aromatic heterocycles. The van der Waals surface area contributed by atoms with E-state index in [1.165, 1.54) is 0 Å². The number of amides is 3. The number of nitrogens with zero attached hydrogens (tertiary/aromatic N) is 3. The van der Waals surface area contributed by atoms with Crippen LogP contribution in [0.3, 0.4) is 0 Å². The van der Waals surface area contributed by atoms with E-state index in [9.17, 15) is 14.4 Å². The Kier molecular flexibility index (Phi) is 9.27. The number of likely N-dealkylation sites (tertiary alicyclic amines) is 1. The number of nitrogens with one attached hydrogen (secondary N) is 2. The van der Waals surface area contributed by atoms with Gasteiger partial charge in [0.05, 0.1) is 6.54 Å². The van der Waals surface area contributed by atoms with E-state index in [0.29, 0.717) is 18.8 Å². The number of benzene rings is 1. The summed E-state index contributed by atoms with van der Waals surface area (Å²) in [6.07, 6.45) is 6.98. The summed E-state index contributed by atoms with van der Waals surface area (Å²) in [4.78, 5) is 47.5. The van der Waals surface area contributed by atoms with Crippen LogP contribution in [0.5, 0.6) is 0 Å². The number of hydrogen-bond acceptors (Lipinski definition) is 6. The third kappa shape index (κ3) is 7.04. The standard InChI is InChI=1S/C27H35N5O4/c33-25(22-9-13-28-14-10-22)32(23-11-15-29-16-12-23)19-24(26(34)31-17-5-2-6-18-31)30-27(35)36-20-21-7-3-1-4-8-21/h1,3-4,7-8,11-12,15-16,22,24,28H,2,5-6,9-10,13-14,17-20H2,(H,30,35). The van der Waals surface area contributed by atoms with Gasteiger partial charge in [-0.05, 0) is 62.9 Å². The molecule has 9 nitrogen and oxygen atoms in total. The van der Waals surface area contributed by atoms with E-state index in [-0.39, 0.29) is 30.9 Å². The third-order valence-electron chi connectivity index (χ3n) is 6.76. The molecule has 2 aliphatic heterocycles. The first-order valence-electron chi connectivity index (χ1n) is 12.8. The number of carbonyl (C=O) groups is 3. The zero-order valence-electron chi connectivity index (χ0n) is 20.6. The average Bonchev–Trinajstić information content (AvgIpc) is 2.95. The van der Waals surface area contributed by atoms with Crippen molar-refractivity contribution in [1.82, 2.24) is 20.5 Å². The van der Waals surface area contributed by atoms with E-state index in [0.717, 1.165) is 50.8 Å². The van der Waals surface area contributed by atoms with Crippen molar-refractivity contribution in [2.45, 2.75) is 44.8 Å². The minimum Gasteiger partial charge on any atom is -0.445 e. The number of piperidine rings is 2. The first-order chi connectivity index (χ1) is 17.6. The van der Waals surface area contributed by atoms with Gasteiger partial charge in [-0.25, -0.2) is 4.79 Å². The Labute approximate surface area is 212 Å². The first-order valence-corrected chi connectivity index (χ1v) is 12.8. The van der Waals surface area contributed by atoms with Crippen molar-refractivity contribution >= 4 is 23.6 Å². The maximum absolute atomic E-state index is 13.6. The summed E-state index contributed by atoms with van der Waals surface area (Å²) in [6, 6.07) is 12.0. The van der Waals surface area contributed by atoms with Crippen LogP contribution in [0.1, 0.15) is 37.7 Å². The van der Waals surface area contributed by atoms with Crippen LogP contribution in [0.25, 0.3) is 0 Å². The second-order valence-electron chi connectivity index (χ2n) is 9.32. The SMILES string of the molecule is O=C(NC(CN(C(=O)C1CCNCC1)c1ccncc1)C(=O)N1CCCCC1)OCc1ccccc1. The lowest BCUT2D eigenvalue weighted by Gasteiger charge is -2.35. The van der Waals surface area contributed by atoms with E-state index in [2.05, 4.69) is 15.6 Å². The van der Waals surface area contributed by atoms with E-state index < -0.39 is 12.1 Å². The Morgan fingerprint density at radius 1 is 1.03 bits per heavy atom. The summed E-state index contributed by atoms with van der Waals surface area (Å²) >= 11 is 0. The fourth-order valence-electron chi connectivity index (χ4n) is 4.75. The summed E-state index contributed by atoms with van der Waals surface area (Å²) < 4.78 is 5.42. The molecule has 2 saturated heterocycles. The predicted octanol–water partition coefficient (Wildman–Crippen LogP) is 2.72. The van der Waals surface area contributed by atoms with Crippen molar-refractivity contribution in [2.75, 3.05) is 37.6 Å². The van der Waals surface area contributed by atoms with Crippen molar-refractivity contribution in [3.05, 3.63) is 60.4 Å². The fraction of sp³-hybridized carbons (Fsp3) is 0.481. The van der Waals surface area contributed by atoms with Gasteiger partial charge in [0.25, 0.3) is 0 Å². The molecular weight excluding hydrogens is 458 g/mol. The lowest BCUT2D eigenvalue weighted by molar-refractivity contribution is -0.134. The molecule has 1 unspecified atom stereocenters. The number of alkyl carbamates (subject to hydrolysis) is 1. The quantitative estimate of drug-likeness (QED) is 0.586. The number of rotatable bonds is 8. The van der Waals surface area contributed by atoms with E-state index in [4.69, 9.17) is 4.74 Å². The zero-order valence-corrected chi connectivity index (χ0v) is 20.6. The molecule has 9 heteroatoms. The van der Waals surface area contributed by atoms with E-state index in [1.54, 1.807) is 34.3 Å². The Morgan fingerprint density at radius 2 is 1.72 bits per heavy atom. The highest BCUT2D eigenvalue weighted by Gasteiger charge is 2.34. The van der Waals surface area contributed by atoms with Crippen LogP contribution in [0.4, 0.5) is 10.5 Å². The minimum atomic E-state index is -0.926. The van der Waals surface area contributed by atoms with Crippen LogP contribution >= 0.6 is 0 Å². The number of pyridine rings is 1. The summed E-state index contributed by atoms with van der Waals surface area (Å²) in [5.74, 6) is -0.377. The van der Waals surface area contributed by atoms with Gasteiger partial charge in [-0.2, -0.15) is 0 Å². The second-order valence-corrected chi connectivity index (χ2v) is 9.32. The molecule has 2 fully saturated rings. The third-order valence-corrected chi connectivity index (χ3v) is 6.76. The van der Waals surface area contributed by atoms with Crippen LogP contribution in [0.15, 0.2) is 54.9 Å². The Balaban J connectivity index is 1.52. The molecule has 2 aliphatic rings. The molecule has 2 N–H and O–H groups in total. The molecule has 0 spiro atoms. The molecular formula is C27H35N5O4. The molecule has 192 valence electrons. The smallest absolute Gasteiger partial charge is 0.408 e. The number of aromatic nitrogens is 1. The zero-order chi connectivity index (χ0) is 25.2. The largest absolute Gasteiger partial charge is 0.445 e. The van der Waals surface area contributed by atoms with Gasteiger partial charge in [-0.1, -0.05) is 30.3 Å². The molecule has 0 bridgehead atoms. The van der Waals surface area contributed by atoms with Crippen molar-refractivity contribution in [3.8, 4) is 0 Å². The molecule has 2 aromatic rings. The lowest BCUT2D eigenvalue weighted by atomic mass is 9.96. The van der Waals surface area contributed by atoms with Crippen LogP contribution in [-0.2, 0) is 20.9 Å². The number of anilines is 1. The summed E-state index contributed by atoms with van der Waals surface area (Å²) in [5, 5.41) is 6.06. The fourth-order valence-corrected chi connectivity index (χ4v) is 4.75. The molecule has 0 saturated carbocycles. The molecule has 4 rings (SSSR count). The maximum atomic E-state index is 13.6. The summed E-state index contributed by atoms with van der Waals surface area (Å²) in [5.41, 5.74) is 1.51. The highest BCUT2D eigenvalue weighted by molar-refractivity contribution is 5.97. The minimum absolute atomic E-state index is 0.0303. The van der Waals surface area contributed by atoms with Crippen LogP contribution < -0.4 is 15.5 Å². The van der Waals surface area contributed by atoms with Gasteiger partial charge in [-0.3, -0.25) is 14.6 Å². The van der Waals surface area contributed by atoms with E-state index >= 15 is 0 Å². The average molecular weight is 494 g/mol. The molecule has 36 heavy (non-hydrogen) atoms. The van der Waals surface area contributed by atoms with Crippen molar-refractivity contribution < 1.29 is 19.1 Å². The Hall–Kier alpha value is -3.46. The predicted molar refractivity (Wildman–Crippen MR) is 136 cm³/mol.